The number of benzene rings is 3. The molecule has 6 heteroatoms. The van der Waals surface area contributed by atoms with Crippen LogP contribution in [-0.4, -0.2) is 37.2 Å². The normalized spacial score (nSPS) is 12.1. The number of rotatable bonds is 11. The highest BCUT2D eigenvalue weighted by atomic mass is 28.5. The molecule has 0 saturated heterocycles. The van der Waals surface area contributed by atoms with Crippen LogP contribution in [0.25, 0.3) is 0 Å². The van der Waals surface area contributed by atoms with Crippen LogP contribution < -0.4 is 15.6 Å². The Bertz CT molecular complexity index is 830. The summed E-state index contributed by atoms with van der Waals surface area (Å²) in [5.74, 6) is 0. The van der Waals surface area contributed by atoms with Gasteiger partial charge >= 0.3 is 17.4 Å². The van der Waals surface area contributed by atoms with E-state index in [4.69, 9.17) is 17.4 Å². The van der Waals surface area contributed by atoms with Crippen molar-refractivity contribution in [1.82, 2.24) is 0 Å². The second kappa shape index (κ2) is 10.8. The third-order valence-electron chi connectivity index (χ3n) is 4.73. The van der Waals surface area contributed by atoms with E-state index in [2.05, 4.69) is 24.3 Å². The van der Waals surface area contributed by atoms with Crippen LogP contribution >= 0.6 is 0 Å². The minimum atomic E-state index is -3.27. The third kappa shape index (κ3) is 4.80. The zero-order chi connectivity index (χ0) is 21.3. The Morgan fingerprint density at radius 3 is 1.23 bits per heavy atom. The molecule has 0 aliphatic heterocycles. The van der Waals surface area contributed by atoms with Crippen LogP contribution in [0.5, 0.6) is 0 Å². The molecule has 4 nitrogen and oxygen atoms in total. The first-order valence-corrected chi connectivity index (χ1v) is 14.0. The third-order valence-corrected chi connectivity index (χ3v) is 12.2. The van der Waals surface area contributed by atoms with Crippen LogP contribution in [0.1, 0.15) is 20.8 Å². The highest BCUT2D eigenvalue weighted by molar-refractivity contribution is 6.98. The van der Waals surface area contributed by atoms with Crippen molar-refractivity contribution >= 4 is 32.9 Å². The van der Waals surface area contributed by atoms with Crippen molar-refractivity contribution in [2.45, 2.75) is 20.8 Å². The van der Waals surface area contributed by atoms with Gasteiger partial charge in [-0.2, -0.15) is 0 Å². The van der Waals surface area contributed by atoms with Crippen LogP contribution in [0, 0.1) is 0 Å². The largest absolute Gasteiger partial charge is 0.528 e. The lowest BCUT2D eigenvalue weighted by atomic mass is 10.4. The SMILES string of the molecule is CCO[Si](OCC)(O[Si](OCC)(c1ccccc1)c1ccccc1)c1ccccc1. The van der Waals surface area contributed by atoms with Gasteiger partial charge in [0.05, 0.1) is 0 Å². The minimum Gasteiger partial charge on any atom is -0.388 e. The molecule has 0 N–H and O–H groups in total. The molecule has 0 fully saturated rings. The average molecular weight is 439 g/mol. The highest BCUT2D eigenvalue weighted by Gasteiger charge is 2.55. The summed E-state index contributed by atoms with van der Waals surface area (Å²) >= 11 is 0. The molecule has 0 aliphatic carbocycles. The van der Waals surface area contributed by atoms with Gasteiger partial charge in [0, 0.05) is 25.0 Å². The van der Waals surface area contributed by atoms with Gasteiger partial charge in [-0.1, -0.05) is 91.0 Å². The van der Waals surface area contributed by atoms with Crippen molar-refractivity contribution in [3.63, 3.8) is 0 Å². The summed E-state index contributed by atoms with van der Waals surface area (Å²) in [6.45, 7) is 7.45. The zero-order valence-electron chi connectivity index (χ0n) is 17.9. The van der Waals surface area contributed by atoms with E-state index in [-0.39, 0.29) is 0 Å². The maximum atomic E-state index is 7.12. The molecule has 0 aromatic heterocycles. The van der Waals surface area contributed by atoms with Crippen LogP contribution in [0.3, 0.4) is 0 Å². The van der Waals surface area contributed by atoms with E-state index < -0.39 is 17.4 Å². The minimum absolute atomic E-state index is 0.487. The zero-order valence-corrected chi connectivity index (χ0v) is 19.9. The fourth-order valence-corrected chi connectivity index (χ4v) is 11.3. The molecular weight excluding hydrogens is 408 g/mol. The van der Waals surface area contributed by atoms with Crippen molar-refractivity contribution in [3.8, 4) is 0 Å². The number of hydrogen-bond acceptors (Lipinski definition) is 4. The van der Waals surface area contributed by atoms with Gasteiger partial charge in [-0.05, 0) is 31.1 Å². The first-order valence-electron chi connectivity index (χ1n) is 10.5. The number of hydrogen-bond donors (Lipinski definition) is 0. The maximum Gasteiger partial charge on any atom is 0.528 e. The van der Waals surface area contributed by atoms with Crippen LogP contribution in [0.4, 0.5) is 0 Å². The average Bonchev–Trinajstić information content (AvgIpc) is 2.81. The molecule has 158 valence electrons. The highest BCUT2D eigenvalue weighted by Crippen LogP contribution is 2.20. The summed E-state index contributed by atoms with van der Waals surface area (Å²) in [5, 5.41) is 3.01. The molecule has 0 aliphatic rings. The van der Waals surface area contributed by atoms with E-state index in [1.165, 1.54) is 0 Å². The van der Waals surface area contributed by atoms with Gasteiger partial charge in [-0.3, -0.25) is 0 Å². The monoisotopic (exact) mass is 438 g/mol. The van der Waals surface area contributed by atoms with E-state index in [0.717, 1.165) is 15.6 Å². The first kappa shape index (κ1) is 22.6. The van der Waals surface area contributed by atoms with Crippen LogP contribution in [-0.2, 0) is 17.4 Å². The Morgan fingerprint density at radius 1 is 0.500 bits per heavy atom. The molecule has 0 saturated carbocycles. The fraction of sp³-hybridized carbons (Fsp3) is 0.250. The molecule has 0 spiro atoms. The van der Waals surface area contributed by atoms with Gasteiger partial charge in [-0.25, -0.2) is 0 Å². The van der Waals surface area contributed by atoms with E-state index in [0.29, 0.717) is 19.8 Å². The topological polar surface area (TPSA) is 36.9 Å². The van der Waals surface area contributed by atoms with Gasteiger partial charge in [0.2, 0.25) is 0 Å². The maximum absolute atomic E-state index is 7.12. The molecule has 3 aromatic carbocycles. The van der Waals surface area contributed by atoms with Gasteiger partial charge in [0.25, 0.3) is 0 Å². The van der Waals surface area contributed by atoms with E-state index >= 15 is 0 Å². The van der Waals surface area contributed by atoms with Crippen LogP contribution in [0.15, 0.2) is 91.0 Å². The molecule has 0 bridgehead atoms. The summed E-state index contributed by atoms with van der Waals surface area (Å²) < 4.78 is 26.4. The quantitative estimate of drug-likeness (QED) is 0.431. The standard InChI is InChI=1S/C24H30O4Si2/c1-4-25-29(22-16-10-7-11-17-22,23-18-12-8-13-19-23)28-30(26-5-2,27-6-3)24-20-14-9-15-21-24/h7-21H,4-6H2,1-3H3. The predicted molar refractivity (Wildman–Crippen MR) is 126 cm³/mol. The summed E-state index contributed by atoms with van der Waals surface area (Å²) in [4.78, 5) is 0. The molecule has 0 amide bonds. The van der Waals surface area contributed by atoms with Crippen molar-refractivity contribution in [3.05, 3.63) is 91.0 Å². The van der Waals surface area contributed by atoms with E-state index in [9.17, 15) is 0 Å². The molecule has 0 atom stereocenters. The smallest absolute Gasteiger partial charge is 0.388 e. The molecule has 3 aromatic rings. The molecule has 30 heavy (non-hydrogen) atoms. The summed E-state index contributed by atoms with van der Waals surface area (Å²) in [5.41, 5.74) is 0. The van der Waals surface area contributed by atoms with Gasteiger partial charge in [0.15, 0.2) is 0 Å². The fourth-order valence-electron chi connectivity index (χ4n) is 3.54. The second-order valence-electron chi connectivity index (χ2n) is 6.67. The van der Waals surface area contributed by atoms with E-state index in [1.807, 2.05) is 87.5 Å². The second-order valence-corrected chi connectivity index (χ2v) is 12.4. The Morgan fingerprint density at radius 2 is 0.867 bits per heavy atom. The van der Waals surface area contributed by atoms with Gasteiger partial charge < -0.3 is 17.4 Å². The molecule has 3 rings (SSSR count). The Balaban J connectivity index is 2.23. The van der Waals surface area contributed by atoms with Crippen molar-refractivity contribution in [2.75, 3.05) is 19.8 Å². The molecule has 0 unspecified atom stereocenters. The van der Waals surface area contributed by atoms with Crippen molar-refractivity contribution in [1.29, 1.82) is 0 Å². The summed E-state index contributed by atoms with van der Waals surface area (Å²) in [6.07, 6.45) is 0. The summed E-state index contributed by atoms with van der Waals surface area (Å²) in [6, 6.07) is 30.5. The Kier molecular flexibility index (Phi) is 8.15. The van der Waals surface area contributed by atoms with E-state index in [1.54, 1.807) is 0 Å². The lowest BCUT2D eigenvalue weighted by Crippen LogP contribution is -2.72. The van der Waals surface area contributed by atoms with Gasteiger partial charge in [0.1, 0.15) is 0 Å². The van der Waals surface area contributed by atoms with Crippen LogP contribution in [0.2, 0.25) is 0 Å². The summed E-state index contributed by atoms with van der Waals surface area (Å²) in [7, 11) is -6.40. The van der Waals surface area contributed by atoms with Crippen molar-refractivity contribution in [2.24, 2.45) is 0 Å². The lowest BCUT2D eigenvalue weighted by molar-refractivity contribution is 0.114. The molecule has 0 heterocycles. The Hall–Kier alpha value is -2.07. The molecular formula is C24H30O4Si2. The van der Waals surface area contributed by atoms with Crippen molar-refractivity contribution < 1.29 is 17.4 Å². The Labute approximate surface area is 182 Å². The van der Waals surface area contributed by atoms with Gasteiger partial charge in [-0.15, -0.1) is 0 Å². The first-order chi connectivity index (χ1) is 14.7. The molecule has 0 radical (unpaired) electrons. The lowest BCUT2D eigenvalue weighted by Gasteiger charge is -2.39. The predicted octanol–water partition coefficient (Wildman–Crippen LogP) is 3.22.